The summed E-state index contributed by atoms with van der Waals surface area (Å²) in [6, 6.07) is 0. The number of nitrogens with zero attached hydrogens (tertiary/aromatic N) is 1. The number of amides is 1. The molecule has 0 aromatic rings. The largest absolute Gasteiger partial charge is 0.466 e. The van der Waals surface area contributed by atoms with Gasteiger partial charge in [0, 0.05) is 6.54 Å². The Morgan fingerprint density at radius 3 is 2.69 bits per heavy atom. The van der Waals surface area contributed by atoms with E-state index in [0.29, 0.717) is 19.6 Å². The van der Waals surface area contributed by atoms with E-state index in [1.807, 2.05) is 0 Å². The second-order valence-electron chi connectivity index (χ2n) is 3.63. The van der Waals surface area contributed by atoms with Crippen molar-refractivity contribution in [1.82, 2.24) is 4.90 Å². The first-order chi connectivity index (χ1) is 7.60. The van der Waals surface area contributed by atoms with Crippen molar-refractivity contribution in [3.63, 3.8) is 0 Å². The number of carbonyl (C=O) groups excluding carboxylic acids is 2. The second-order valence-corrected chi connectivity index (χ2v) is 3.63. The number of hydrogen-bond acceptors (Lipinski definition) is 5. The number of rotatable bonds is 2. The molecule has 1 aliphatic rings. The van der Waals surface area contributed by atoms with Crippen molar-refractivity contribution in [1.29, 1.82) is 0 Å². The van der Waals surface area contributed by atoms with Crippen molar-refractivity contribution in [2.75, 3.05) is 26.8 Å². The fraction of sp³-hybridized carbons (Fsp3) is 0.800. The molecule has 16 heavy (non-hydrogen) atoms. The first-order valence-electron chi connectivity index (χ1n) is 5.27. The molecule has 0 unspecified atom stereocenters. The maximum atomic E-state index is 11.4. The first-order valence-corrected chi connectivity index (χ1v) is 5.27. The number of β-amino-alcohol motifs (C(OH)–C–C–N with tert-alkyl or cyclic N) is 1. The minimum atomic E-state index is -0.883. The van der Waals surface area contributed by atoms with E-state index in [4.69, 9.17) is 4.74 Å². The van der Waals surface area contributed by atoms with Crippen molar-refractivity contribution in [3.05, 3.63) is 0 Å². The molecule has 0 spiro atoms. The SMILES string of the molecule is CCOC(=O)[C@@H]1CCN(C(=O)OC)C[C@H]1O. The lowest BCUT2D eigenvalue weighted by atomic mass is 9.94. The van der Waals surface area contributed by atoms with Crippen LogP contribution in [0.1, 0.15) is 13.3 Å². The second kappa shape index (κ2) is 5.69. The van der Waals surface area contributed by atoms with E-state index in [1.165, 1.54) is 12.0 Å². The Bertz CT molecular complexity index is 268. The molecule has 1 fully saturated rings. The smallest absolute Gasteiger partial charge is 0.409 e. The van der Waals surface area contributed by atoms with Crippen LogP contribution in [0.5, 0.6) is 0 Å². The molecule has 6 nitrogen and oxygen atoms in total. The van der Waals surface area contributed by atoms with Crippen molar-refractivity contribution in [2.24, 2.45) is 5.92 Å². The van der Waals surface area contributed by atoms with Gasteiger partial charge >= 0.3 is 12.1 Å². The number of aliphatic hydroxyl groups is 1. The number of ether oxygens (including phenoxy) is 2. The van der Waals surface area contributed by atoms with Crippen molar-refractivity contribution in [3.8, 4) is 0 Å². The normalized spacial score (nSPS) is 25.1. The highest BCUT2D eigenvalue weighted by molar-refractivity contribution is 5.74. The van der Waals surface area contributed by atoms with Crippen LogP contribution in [-0.4, -0.2) is 55.0 Å². The molecule has 0 radical (unpaired) electrons. The molecule has 1 saturated heterocycles. The van der Waals surface area contributed by atoms with Crippen LogP contribution >= 0.6 is 0 Å². The minimum Gasteiger partial charge on any atom is -0.466 e. The third-order valence-corrected chi connectivity index (χ3v) is 2.60. The summed E-state index contributed by atoms with van der Waals surface area (Å²) in [5.41, 5.74) is 0. The van der Waals surface area contributed by atoms with Crippen molar-refractivity contribution >= 4 is 12.1 Å². The van der Waals surface area contributed by atoms with Crippen LogP contribution in [0.3, 0.4) is 0 Å². The Morgan fingerprint density at radius 1 is 1.50 bits per heavy atom. The number of likely N-dealkylation sites (tertiary alicyclic amines) is 1. The molecule has 1 heterocycles. The van der Waals surface area contributed by atoms with E-state index in [9.17, 15) is 14.7 Å². The van der Waals surface area contributed by atoms with E-state index >= 15 is 0 Å². The van der Waals surface area contributed by atoms with Crippen molar-refractivity contribution in [2.45, 2.75) is 19.4 Å². The number of piperidine rings is 1. The molecule has 2 atom stereocenters. The summed E-state index contributed by atoms with van der Waals surface area (Å²) < 4.78 is 9.38. The lowest BCUT2D eigenvalue weighted by Gasteiger charge is -2.33. The Balaban J connectivity index is 2.52. The molecule has 1 amide bonds. The summed E-state index contributed by atoms with van der Waals surface area (Å²) in [5.74, 6) is -0.944. The molecule has 0 aromatic carbocycles. The van der Waals surface area contributed by atoms with Gasteiger partial charge in [0.1, 0.15) is 0 Å². The number of esters is 1. The molecule has 6 heteroatoms. The van der Waals surface area contributed by atoms with E-state index in [-0.39, 0.29) is 6.54 Å². The molecule has 1 N–H and O–H groups in total. The number of aliphatic hydroxyl groups excluding tert-OH is 1. The number of hydrogen-bond donors (Lipinski definition) is 1. The van der Waals surface area contributed by atoms with Crippen molar-refractivity contribution < 1.29 is 24.2 Å². The monoisotopic (exact) mass is 231 g/mol. The van der Waals surface area contributed by atoms with Gasteiger partial charge in [-0.15, -0.1) is 0 Å². The Hall–Kier alpha value is -1.30. The molecule has 0 saturated carbocycles. The summed E-state index contributed by atoms with van der Waals surface area (Å²) in [7, 11) is 1.28. The van der Waals surface area contributed by atoms with E-state index in [2.05, 4.69) is 4.74 Å². The average Bonchev–Trinajstić information content (AvgIpc) is 2.28. The van der Waals surface area contributed by atoms with Crippen LogP contribution in [0, 0.1) is 5.92 Å². The summed E-state index contributed by atoms with van der Waals surface area (Å²) >= 11 is 0. The molecule has 0 aromatic heterocycles. The lowest BCUT2D eigenvalue weighted by Crippen LogP contribution is -2.49. The first kappa shape index (κ1) is 12.8. The van der Waals surface area contributed by atoms with Gasteiger partial charge in [-0.05, 0) is 13.3 Å². The van der Waals surface area contributed by atoms with E-state index < -0.39 is 24.1 Å². The highest BCUT2D eigenvalue weighted by Gasteiger charge is 2.35. The van der Waals surface area contributed by atoms with Crippen LogP contribution in [0.4, 0.5) is 4.79 Å². The summed E-state index contributed by atoms with van der Waals surface area (Å²) in [6.07, 6.45) is -0.969. The Kier molecular flexibility index (Phi) is 4.54. The zero-order valence-electron chi connectivity index (χ0n) is 9.51. The van der Waals surface area contributed by atoms with Gasteiger partial charge in [-0.3, -0.25) is 4.79 Å². The maximum Gasteiger partial charge on any atom is 0.409 e. The summed E-state index contributed by atoms with van der Waals surface area (Å²) in [4.78, 5) is 24.0. The fourth-order valence-corrected chi connectivity index (χ4v) is 1.75. The Labute approximate surface area is 94.1 Å². The van der Waals surface area contributed by atoms with Crippen LogP contribution in [0.2, 0.25) is 0 Å². The minimum absolute atomic E-state index is 0.107. The van der Waals surface area contributed by atoms with Crippen LogP contribution < -0.4 is 0 Å². The third-order valence-electron chi connectivity index (χ3n) is 2.60. The van der Waals surface area contributed by atoms with Gasteiger partial charge in [0.05, 0.1) is 32.3 Å². The molecular formula is C10H17NO5. The molecule has 92 valence electrons. The third kappa shape index (κ3) is 2.85. The highest BCUT2D eigenvalue weighted by atomic mass is 16.5. The quantitative estimate of drug-likeness (QED) is 0.677. The lowest BCUT2D eigenvalue weighted by molar-refractivity contribution is -0.154. The molecule has 0 aliphatic carbocycles. The summed E-state index contributed by atoms with van der Waals surface area (Å²) in [6.45, 7) is 2.51. The van der Waals surface area contributed by atoms with Gasteiger partial charge in [0.2, 0.25) is 0 Å². The van der Waals surface area contributed by atoms with Gasteiger partial charge in [-0.25, -0.2) is 4.79 Å². The van der Waals surface area contributed by atoms with Gasteiger partial charge in [-0.1, -0.05) is 0 Å². The summed E-state index contributed by atoms with van der Waals surface area (Å²) in [5, 5.41) is 9.73. The van der Waals surface area contributed by atoms with Gasteiger partial charge in [-0.2, -0.15) is 0 Å². The van der Waals surface area contributed by atoms with E-state index in [1.54, 1.807) is 6.92 Å². The standard InChI is InChI=1S/C10H17NO5/c1-3-16-9(13)7-4-5-11(6-8(7)12)10(14)15-2/h7-8,12H,3-6H2,1-2H3/t7-,8-/m1/s1. The van der Waals surface area contributed by atoms with E-state index in [0.717, 1.165) is 0 Å². The van der Waals surface area contributed by atoms with Gasteiger partial charge in [0.25, 0.3) is 0 Å². The molecule has 1 rings (SSSR count). The molecular weight excluding hydrogens is 214 g/mol. The Morgan fingerprint density at radius 2 is 2.19 bits per heavy atom. The predicted molar refractivity (Wildman–Crippen MR) is 54.7 cm³/mol. The number of methoxy groups -OCH3 is 1. The van der Waals surface area contributed by atoms with Crippen LogP contribution in [-0.2, 0) is 14.3 Å². The average molecular weight is 231 g/mol. The predicted octanol–water partition coefficient (Wildman–Crippen LogP) is -0.00130. The van der Waals surface area contributed by atoms with Crippen LogP contribution in [0.15, 0.2) is 0 Å². The molecule has 0 bridgehead atoms. The van der Waals surface area contributed by atoms with Gasteiger partial charge < -0.3 is 19.5 Å². The topological polar surface area (TPSA) is 76.1 Å². The van der Waals surface area contributed by atoms with Gasteiger partial charge in [0.15, 0.2) is 0 Å². The molecule has 1 aliphatic heterocycles. The van der Waals surface area contributed by atoms with Crippen LogP contribution in [0.25, 0.3) is 0 Å². The highest BCUT2D eigenvalue weighted by Crippen LogP contribution is 2.19. The maximum absolute atomic E-state index is 11.4. The zero-order chi connectivity index (χ0) is 12.1. The fourth-order valence-electron chi connectivity index (χ4n) is 1.75. The number of carbonyl (C=O) groups is 2. The zero-order valence-corrected chi connectivity index (χ0v) is 9.51.